The van der Waals surface area contributed by atoms with Crippen molar-refractivity contribution in [3.05, 3.63) is 59.6 Å². The monoisotopic (exact) mass is 392 g/mol. The molecule has 1 atom stereocenters. The molecule has 1 unspecified atom stereocenters. The van der Waals surface area contributed by atoms with Crippen LogP contribution in [-0.2, 0) is 10.0 Å². The van der Waals surface area contributed by atoms with Gasteiger partial charge in [0, 0.05) is 36.4 Å². The number of halogens is 1. The molecular weight excluding hydrogens is 376 g/mol. The van der Waals surface area contributed by atoms with E-state index in [1.165, 1.54) is 21.4 Å². The number of benzene rings is 1. The minimum absolute atomic E-state index is 0.155. The number of hydrogen-bond donors (Lipinski definition) is 2. The SMILES string of the molecule is O=S(=O)(c1cnn(-c2ccc(Cl)cc2)c1)N1CCNCC1c1cn[nH]c1. The van der Waals surface area contributed by atoms with Gasteiger partial charge in [-0.25, -0.2) is 13.1 Å². The third-order valence-electron chi connectivity index (χ3n) is 4.36. The Labute approximate surface area is 155 Å². The third-order valence-corrected chi connectivity index (χ3v) is 6.47. The molecule has 3 heterocycles. The average Bonchev–Trinajstić information content (AvgIpc) is 3.35. The average molecular weight is 393 g/mol. The molecule has 1 saturated heterocycles. The third kappa shape index (κ3) is 3.14. The first-order chi connectivity index (χ1) is 12.6. The van der Waals surface area contributed by atoms with E-state index >= 15 is 0 Å². The summed E-state index contributed by atoms with van der Waals surface area (Å²) in [5.41, 5.74) is 1.56. The van der Waals surface area contributed by atoms with Crippen molar-refractivity contribution in [3.8, 4) is 5.69 Å². The zero-order valence-corrected chi connectivity index (χ0v) is 15.3. The maximum atomic E-state index is 13.2. The van der Waals surface area contributed by atoms with Gasteiger partial charge in [-0.3, -0.25) is 5.10 Å². The van der Waals surface area contributed by atoms with Gasteiger partial charge in [0.05, 0.1) is 30.3 Å². The molecule has 1 aliphatic rings. The first-order valence-corrected chi connectivity index (χ1v) is 9.89. The summed E-state index contributed by atoms with van der Waals surface area (Å²) in [4.78, 5) is 0.155. The van der Waals surface area contributed by atoms with Gasteiger partial charge in [-0.15, -0.1) is 0 Å². The molecule has 26 heavy (non-hydrogen) atoms. The molecule has 0 aliphatic carbocycles. The molecule has 1 aliphatic heterocycles. The Balaban J connectivity index is 1.66. The predicted octanol–water partition coefficient (Wildman–Crippen LogP) is 1.58. The highest BCUT2D eigenvalue weighted by Gasteiger charge is 2.35. The van der Waals surface area contributed by atoms with Crippen LogP contribution in [0.1, 0.15) is 11.6 Å². The van der Waals surface area contributed by atoms with Crippen LogP contribution in [0.25, 0.3) is 5.69 Å². The van der Waals surface area contributed by atoms with E-state index in [-0.39, 0.29) is 10.9 Å². The van der Waals surface area contributed by atoms with Crippen molar-refractivity contribution < 1.29 is 8.42 Å². The Morgan fingerprint density at radius 3 is 2.73 bits per heavy atom. The summed E-state index contributed by atoms with van der Waals surface area (Å²) in [6, 6.07) is 6.72. The van der Waals surface area contributed by atoms with E-state index in [0.29, 0.717) is 24.7 Å². The van der Waals surface area contributed by atoms with Crippen LogP contribution in [0, 0.1) is 0 Å². The second-order valence-electron chi connectivity index (χ2n) is 5.96. The normalized spacial score (nSPS) is 18.9. The molecule has 136 valence electrons. The summed E-state index contributed by atoms with van der Waals surface area (Å²) in [5.74, 6) is 0. The number of aromatic amines is 1. The molecule has 1 aromatic carbocycles. The molecule has 0 bridgehead atoms. The number of rotatable bonds is 4. The molecule has 8 nitrogen and oxygen atoms in total. The minimum Gasteiger partial charge on any atom is -0.313 e. The smallest absolute Gasteiger partial charge is 0.246 e. The summed E-state index contributed by atoms with van der Waals surface area (Å²) in [7, 11) is -3.69. The van der Waals surface area contributed by atoms with Gasteiger partial charge in [0.25, 0.3) is 0 Å². The highest BCUT2D eigenvalue weighted by Crippen LogP contribution is 2.28. The topological polar surface area (TPSA) is 95.9 Å². The highest BCUT2D eigenvalue weighted by molar-refractivity contribution is 7.89. The van der Waals surface area contributed by atoms with Crippen molar-refractivity contribution in [1.82, 2.24) is 29.6 Å². The molecule has 3 aromatic rings. The van der Waals surface area contributed by atoms with Crippen molar-refractivity contribution >= 4 is 21.6 Å². The molecule has 2 N–H and O–H groups in total. The first-order valence-electron chi connectivity index (χ1n) is 8.07. The highest BCUT2D eigenvalue weighted by atomic mass is 35.5. The Morgan fingerprint density at radius 2 is 2.00 bits per heavy atom. The Morgan fingerprint density at radius 1 is 1.19 bits per heavy atom. The lowest BCUT2D eigenvalue weighted by atomic mass is 10.1. The standard InChI is InChI=1S/C16H17ClN6O2S/c17-13-1-3-14(4-2-13)22-11-15(9-21-22)26(24,25)23-6-5-18-10-16(23)12-7-19-20-8-12/h1-4,7-9,11,16,18H,5-6,10H2,(H,19,20). The van der Waals surface area contributed by atoms with Crippen LogP contribution in [0.3, 0.4) is 0 Å². The molecule has 0 amide bonds. The van der Waals surface area contributed by atoms with Gasteiger partial charge in [-0.05, 0) is 24.3 Å². The van der Waals surface area contributed by atoms with Gasteiger partial charge >= 0.3 is 0 Å². The van der Waals surface area contributed by atoms with Crippen LogP contribution in [0.15, 0.2) is 53.9 Å². The summed E-state index contributed by atoms with van der Waals surface area (Å²) in [6.07, 6.45) is 6.26. The van der Waals surface area contributed by atoms with Gasteiger partial charge in [-0.2, -0.15) is 14.5 Å². The van der Waals surface area contributed by atoms with Gasteiger partial charge in [-0.1, -0.05) is 11.6 Å². The number of piperazine rings is 1. The lowest BCUT2D eigenvalue weighted by molar-refractivity contribution is 0.271. The van der Waals surface area contributed by atoms with Crippen molar-refractivity contribution in [2.75, 3.05) is 19.6 Å². The molecular formula is C16H17ClN6O2S. The number of hydrogen-bond acceptors (Lipinski definition) is 5. The molecule has 2 aromatic heterocycles. The summed E-state index contributed by atoms with van der Waals surface area (Å²) in [6.45, 7) is 1.51. The number of sulfonamides is 1. The van der Waals surface area contributed by atoms with Crippen molar-refractivity contribution in [2.45, 2.75) is 10.9 Å². The molecule has 0 spiro atoms. The van der Waals surface area contributed by atoms with E-state index in [0.717, 1.165) is 11.3 Å². The van der Waals surface area contributed by atoms with Gasteiger partial charge in [0.2, 0.25) is 10.0 Å². The van der Waals surface area contributed by atoms with Crippen molar-refractivity contribution in [1.29, 1.82) is 0 Å². The Kier molecular flexibility index (Phi) is 4.53. The van der Waals surface area contributed by atoms with Crippen LogP contribution in [-0.4, -0.2) is 52.3 Å². The summed E-state index contributed by atoms with van der Waals surface area (Å²) in [5, 5.41) is 14.7. The van der Waals surface area contributed by atoms with Crippen LogP contribution in [0.5, 0.6) is 0 Å². The Bertz CT molecular complexity index is 984. The summed E-state index contributed by atoms with van der Waals surface area (Å²) >= 11 is 5.90. The van der Waals surface area contributed by atoms with Crippen LogP contribution < -0.4 is 5.32 Å². The molecule has 0 saturated carbocycles. The fourth-order valence-electron chi connectivity index (χ4n) is 3.01. The van der Waals surface area contributed by atoms with E-state index < -0.39 is 10.0 Å². The van der Waals surface area contributed by atoms with Gasteiger partial charge in [0.1, 0.15) is 4.90 Å². The summed E-state index contributed by atoms with van der Waals surface area (Å²) < 4.78 is 29.4. The van der Waals surface area contributed by atoms with E-state index in [1.807, 2.05) is 0 Å². The van der Waals surface area contributed by atoms with E-state index in [2.05, 4.69) is 20.6 Å². The van der Waals surface area contributed by atoms with E-state index in [1.54, 1.807) is 36.7 Å². The molecule has 1 fully saturated rings. The number of nitrogens with zero attached hydrogens (tertiary/aromatic N) is 4. The zero-order chi connectivity index (χ0) is 18.1. The van der Waals surface area contributed by atoms with Crippen molar-refractivity contribution in [2.24, 2.45) is 0 Å². The largest absolute Gasteiger partial charge is 0.313 e. The fourth-order valence-corrected chi connectivity index (χ4v) is 4.68. The second-order valence-corrected chi connectivity index (χ2v) is 8.29. The van der Waals surface area contributed by atoms with Crippen molar-refractivity contribution in [3.63, 3.8) is 0 Å². The fraction of sp³-hybridized carbons (Fsp3) is 0.250. The Hall–Kier alpha value is -2.20. The maximum Gasteiger partial charge on any atom is 0.246 e. The number of H-pyrrole nitrogens is 1. The number of nitrogens with one attached hydrogen (secondary N) is 2. The number of aromatic nitrogens is 4. The first kappa shape index (κ1) is 17.2. The lowest BCUT2D eigenvalue weighted by Crippen LogP contribution is -2.48. The molecule has 0 radical (unpaired) electrons. The zero-order valence-electron chi connectivity index (χ0n) is 13.7. The van der Waals surface area contributed by atoms with Gasteiger partial charge < -0.3 is 5.32 Å². The molecule has 10 heteroatoms. The quantitative estimate of drug-likeness (QED) is 0.702. The minimum atomic E-state index is -3.69. The van der Waals surface area contributed by atoms with Crippen LogP contribution in [0.4, 0.5) is 0 Å². The van der Waals surface area contributed by atoms with Crippen LogP contribution >= 0.6 is 11.6 Å². The van der Waals surface area contributed by atoms with Crippen LogP contribution in [0.2, 0.25) is 5.02 Å². The predicted molar refractivity (Wildman–Crippen MR) is 96.7 cm³/mol. The second kappa shape index (κ2) is 6.84. The lowest BCUT2D eigenvalue weighted by Gasteiger charge is -2.34. The van der Waals surface area contributed by atoms with E-state index in [4.69, 9.17) is 11.6 Å². The van der Waals surface area contributed by atoms with Gasteiger partial charge in [0.15, 0.2) is 0 Å². The maximum absolute atomic E-state index is 13.2. The van der Waals surface area contributed by atoms with E-state index in [9.17, 15) is 8.42 Å². The molecule has 4 rings (SSSR count).